The average Bonchev–Trinajstić information content (AvgIpc) is 3.01. The molecule has 3 amide bonds. The lowest BCUT2D eigenvalue weighted by atomic mass is 9.97. The maximum atomic E-state index is 12.5. The van der Waals surface area contributed by atoms with Gasteiger partial charge in [-0.2, -0.15) is 13.2 Å². The van der Waals surface area contributed by atoms with Crippen LogP contribution in [0, 0.1) is 11.8 Å². The number of rotatable bonds is 5. The number of aromatic nitrogens is 1. The fourth-order valence-corrected chi connectivity index (χ4v) is 3.63. The van der Waals surface area contributed by atoms with Crippen LogP contribution < -0.4 is 16.0 Å². The van der Waals surface area contributed by atoms with E-state index in [1.807, 2.05) is 4.90 Å². The van der Waals surface area contributed by atoms with Gasteiger partial charge >= 0.3 is 6.18 Å². The van der Waals surface area contributed by atoms with Gasteiger partial charge in [-0.1, -0.05) is 0 Å². The molecule has 11 heteroatoms. The summed E-state index contributed by atoms with van der Waals surface area (Å²) >= 11 is 0. The summed E-state index contributed by atoms with van der Waals surface area (Å²) in [5.74, 6) is -1.99. The maximum Gasteiger partial charge on any atom is 0.406 e. The molecule has 2 saturated heterocycles. The lowest BCUT2D eigenvalue weighted by Gasteiger charge is -2.32. The Morgan fingerprint density at radius 2 is 2.00 bits per heavy atom. The van der Waals surface area contributed by atoms with Gasteiger partial charge in [0.1, 0.15) is 12.4 Å². The Labute approximate surface area is 165 Å². The first-order valence-electron chi connectivity index (χ1n) is 9.28. The predicted molar refractivity (Wildman–Crippen MR) is 97.7 cm³/mol. The summed E-state index contributed by atoms with van der Waals surface area (Å²) in [6.07, 6.45) is -1.76. The van der Waals surface area contributed by atoms with Crippen molar-refractivity contribution in [3.05, 3.63) is 18.3 Å². The number of carbonyl (C=O) groups is 3. The highest BCUT2D eigenvalue weighted by Crippen LogP contribution is 2.26. The van der Waals surface area contributed by atoms with E-state index in [0.29, 0.717) is 22.9 Å². The Balaban J connectivity index is 1.56. The van der Waals surface area contributed by atoms with E-state index in [4.69, 9.17) is 5.73 Å². The van der Waals surface area contributed by atoms with Crippen molar-refractivity contribution in [3.63, 3.8) is 0 Å². The topological polar surface area (TPSA) is 109 Å². The number of nitrogens with one attached hydrogen (secondary N) is 1. The van der Waals surface area contributed by atoms with Crippen molar-refractivity contribution < 1.29 is 27.6 Å². The first-order chi connectivity index (χ1) is 13.6. The molecule has 0 aromatic carbocycles. The van der Waals surface area contributed by atoms with Gasteiger partial charge < -0.3 is 20.9 Å². The van der Waals surface area contributed by atoms with Crippen LogP contribution in [0.15, 0.2) is 18.3 Å². The first-order valence-corrected chi connectivity index (χ1v) is 9.28. The zero-order chi connectivity index (χ0) is 21.2. The van der Waals surface area contributed by atoms with E-state index in [9.17, 15) is 27.6 Å². The van der Waals surface area contributed by atoms with E-state index in [1.54, 1.807) is 12.1 Å². The van der Waals surface area contributed by atoms with Gasteiger partial charge in [-0.05, 0) is 25.0 Å². The monoisotopic (exact) mass is 413 g/mol. The Morgan fingerprint density at radius 1 is 1.24 bits per heavy atom. The van der Waals surface area contributed by atoms with Gasteiger partial charge in [0.15, 0.2) is 0 Å². The number of nitrogens with two attached hydrogens (primary N) is 1. The Morgan fingerprint density at radius 3 is 2.62 bits per heavy atom. The molecular formula is C18H22F3N5O3. The van der Waals surface area contributed by atoms with Crippen LogP contribution in [0.4, 0.5) is 24.7 Å². The molecule has 3 N–H and O–H groups in total. The van der Waals surface area contributed by atoms with E-state index in [-0.39, 0.29) is 24.8 Å². The zero-order valence-corrected chi connectivity index (χ0v) is 15.6. The Bertz CT molecular complexity index is 784. The molecule has 2 aliphatic rings. The van der Waals surface area contributed by atoms with Crippen molar-refractivity contribution in [2.75, 3.05) is 36.4 Å². The fraction of sp³-hybridized carbons (Fsp3) is 0.556. The summed E-state index contributed by atoms with van der Waals surface area (Å²) in [6, 6.07) is 3.31. The molecule has 1 aromatic heterocycles. The van der Waals surface area contributed by atoms with Crippen LogP contribution >= 0.6 is 0 Å². The second-order valence-corrected chi connectivity index (χ2v) is 7.37. The van der Waals surface area contributed by atoms with E-state index in [1.165, 1.54) is 6.20 Å². The zero-order valence-electron chi connectivity index (χ0n) is 15.6. The van der Waals surface area contributed by atoms with Gasteiger partial charge in [0.2, 0.25) is 17.7 Å². The minimum Gasteiger partial charge on any atom is -0.369 e. The molecule has 3 heterocycles. The molecule has 0 saturated carbocycles. The van der Waals surface area contributed by atoms with Gasteiger partial charge in [0, 0.05) is 26.1 Å². The quantitative estimate of drug-likeness (QED) is 0.752. The van der Waals surface area contributed by atoms with Crippen molar-refractivity contribution in [2.24, 2.45) is 17.6 Å². The molecule has 2 atom stereocenters. The van der Waals surface area contributed by atoms with Crippen LogP contribution in [0.3, 0.4) is 0 Å². The number of carbonyl (C=O) groups excluding carboxylic acids is 3. The molecule has 158 valence electrons. The first kappa shape index (κ1) is 20.9. The number of nitrogens with zero attached hydrogens (tertiary/aromatic N) is 3. The Kier molecular flexibility index (Phi) is 5.94. The van der Waals surface area contributed by atoms with Gasteiger partial charge in [-0.25, -0.2) is 4.98 Å². The number of hydrogen-bond acceptors (Lipinski definition) is 5. The number of pyridine rings is 1. The second-order valence-electron chi connectivity index (χ2n) is 7.37. The number of primary amides is 1. The van der Waals surface area contributed by atoms with Crippen molar-refractivity contribution >= 4 is 29.2 Å². The molecular weight excluding hydrogens is 391 g/mol. The minimum absolute atomic E-state index is 0.232. The molecule has 3 rings (SSSR count). The number of alkyl halides is 3. The number of amides is 3. The molecule has 2 aliphatic heterocycles. The summed E-state index contributed by atoms with van der Waals surface area (Å²) in [7, 11) is 0. The maximum absolute atomic E-state index is 12.5. The summed E-state index contributed by atoms with van der Waals surface area (Å²) in [5, 5.41) is 2.59. The third-order valence-electron chi connectivity index (χ3n) is 5.12. The van der Waals surface area contributed by atoms with Gasteiger partial charge in [-0.15, -0.1) is 0 Å². The van der Waals surface area contributed by atoms with E-state index >= 15 is 0 Å². The summed E-state index contributed by atoms with van der Waals surface area (Å²) in [6.45, 7) is -0.402. The van der Waals surface area contributed by atoms with Crippen molar-refractivity contribution in [1.82, 2.24) is 9.88 Å². The summed E-state index contributed by atoms with van der Waals surface area (Å²) in [5.41, 5.74) is 5.75. The molecule has 2 fully saturated rings. The van der Waals surface area contributed by atoms with E-state index in [2.05, 4.69) is 10.3 Å². The van der Waals surface area contributed by atoms with Crippen LogP contribution in [0.2, 0.25) is 0 Å². The molecule has 2 unspecified atom stereocenters. The normalized spacial score (nSPS) is 22.7. The highest BCUT2D eigenvalue weighted by atomic mass is 19.4. The van der Waals surface area contributed by atoms with Gasteiger partial charge in [0.05, 0.1) is 23.7 Å². The van der Waals surface area contributed by atoms with Crippen molar-refractivity contribution in [3.8, 4) is 0 Å². The number of hydrogen-bond donors (Lipinski definition) is 2. The van der Waals surface area contributed by atoms with E-state index in [0.717, 1.165) is 19.4 Å². The van der Waals surface area contributed by atoms with Crippen molar-refractivity contribution in [1.29, 1.82) is 0 Å². The minimum atomic E-state index is -4.50. The van der Waals surface area contributed by atoms with Crippen LogP contribution in [0.5, 0.6) is 0 Å². The molecule has 29 heavy (non-hydrogen) atoms. The number of likely N-dealkylation sites (tertiary alicyclic amines) is 1. The number of anilines is 2. The van der Waals surface area contributed by atoms with Crippen LogP contribution in [0.25, 0.3) is 0 Å². The fourth-order valence-electron chi connectivity index (χ4n) is 3.63. The summed E-state index contributed by atoms with van der Waals surface area (Å²) < 4.78 is 37.4. The third-order valence-corrected chi connectivity index (χ3v) is 5.12. The predicted octanol–water partition coefficient (Wildman–Crippen LogP) is 1.13. The number of piperidine rings is 1. The summed E-state index contributed by atoms with van der Waals surface area (Å²) in [4.78, 5) is 42.3. The SMILES string of the molecule is NC(=O)C1CCCN(c2ccc(NC(=O)C3CC(=O)N(CC(F)(F)F)C3)cn2)C1. The average molecular weight is 413 g/mol. The smallest absolute Gasteiger partial charge is 0.369 e. The molecule has 0 bridgehead atoms. The van der Waals surface area contributed by atoms with Gasteiger partial charge in [0.25, 0.3) is 0 Å². The van der Waals surface area contributed by atoms with Gasteiger partial charge in [-0.3, -0.25) is 14.4 Å². The molecule has 0 aliphatic carbocycles. The molecule has 0 spiro atoms. The second kappa shape index (κ2) is 8.26. The number of halogens is 3. The van der Waals surface area contributed by atoms with Crippen LogP contribution in [0.1, 0.15) is 19.3 Å². The lowest BCUT2D eigenvalue weighted by molar-refractivity contribution is -0.157. The highest BCUT2D eigenvalue weighted by molar-refractivity contribution is 5.97. The lowest BCUT2D eigenvalue weighted by Crippen LogP contribution is -2.41. The highest BCUT2D eigenvalue weighted by Gasteiger charge is 2.40. The van der Waals surface area contributed by atoms with Crippen molar-refractivity contribution in [2.45, 2.75) is 25.4 Å². The van der Waals surface area contributed by atoms with Crippen LogP contribution in [-0.4, -0.2) is 60.0 Å². The van der Waals surface area contributed by atoms with E-state index < -0.39 is 30.5 Å². The third kappa shape index (κ3) is 5.36. The Hall–Kier alpha value is -2.85. The molecule has 0 radical (unpaired) electrons. The molecule has 8 nitrogen and oxygen atoms in total. The standard InChI is InChI=1S/C18H22F3N5O3/c19-18(20,21)10-26-9-12(6-15(26)27)17(29)24-13-3-4-14(23-7-13)25-5-1-2-11(8-25)16(22)28/h3-4,7,11-12H,1-2,5-6,8-10H2,(H2,22,28)(H,24,29). The molecule has 1 aromatic rings. The van der Waals surface area contributed by atoms with Crippen LogP contribution in [-0.2, 0) is 14.4 Å². The largest absolute Gasteiger partial charge is 0.406 e.